The Morgan fingerprint density at radius 2 is 2.00 bits per heavy atom. The first-order valence-corrected chi connectivity index (χ1v) is 10.9. The molecule has 2 N–H and O–H groups in total. The second-order valence-electron chi connectivity index (χ2n) is 9.66. The van der Waals surface area contributed by atoms with Gasteiger partial charge in [0.15, 0.2) is 17.6 Å². The van der Waals surface area contributed by atoms with Gasteiger partial charge in [0.05, 0.1) is 6.20 Å². The van der Waals surface area contributed by atoms with Crippen LogP contribution in [0.25, 0.3) is 28.4 Å². The van der Waals surface area contributed by atoms with E-state index in [1.54, 1.807) is 41.4 Å². The van der Waals surface area contributed by atoms with E-state index in [9.17, 15) is 5.11 Å². The smallest absolute Gasteiger partial charge is 0.233 e. The van der Waals surface area contributed by atoms with Crippen LogP contribution in [0.15, 0.2) is 43.0 Å². The summed E-state index contributed by atoms with van der Waals surface area (Å²) in [4.78, 5) is 12.7. The highest BCUT2D eigenvalue weighted by atomic mass is 19.1. The Morgan fingerprint density at radius 3 is 2.71 bits per heavy atom. The number of aromatic hydroxyl groups is 1. The van der Waals surface area contributed by atoms with E-state index in [0.717, 1.165) is 0 Å². The van der Waals surface area contributed by atoms with Gasteiger partial charge in [-0.3, -0.25) is 4.98 Å². The number of nitrogens with zero attached hydrogens (tertiary/aromatic N) is 7. The number of hydrogen-bond donors (Lipinski definition) is 2. The van der Waals surface area contributed by atoms with Crippen LogP contribution in [0.4, 0.5) is 4.39 Å². The molecule has 0 amide bonds. The summed E-state index contributed by atoms with van der Waals surface area (Å²) >= 11 is 0. The number of nitrogens with one attached hydrogen (secondary N) is 1. The lowest BCUT2D eigenvalue weighted by Crippen LogP contribution is -2.66. The summed E-state index contributed by atoms with van der Waals surface area (Å²) in [7, 11) is 0. The van der Waals surface area contributed by atoms with Crippen LogP contribution in [0.2, 0.25) is 0 Å². The highest BCUT2D eigenvalue weighted by Crippen LogP contribution is 2.34. The van der Waals surface area contributed by atoms with Crippen molar-refractivity contribution in [2.75, 3.05) is 0 Å². The van der Waals surface area contributed by atoms with Gasteiger partial charge in [-0.15, -0.1) is 15.3 Å². The van der Waals surface area contributed by atoms with E-state index in [4.69, 9.17) is 4.74 Å². The van der Waals surface area contributed by atoms with E-state index in [-0.39, 0.29) is 22.9 Å². The maximum absolute atomic E-state index is 15.0. The molecule has 4 aromatic heterocycles. The van der Waals surface area contributed by atoms with E-state index in [1.807, 2.05) is 27.7 Å². The average Bonchev–Trinajstić information content (AvgIpc) is 3.21. The lowest BCUT2D eigenvalue weighted by atomic mass is 9.79. The molecule has 1 aliphatic rings. The molecule has 10 nitrogen and oxygen atoms in total. The van der Waals surface area contributed by atoms with Gasteiger partial charge >= 0.3 is 0 Å². The van der Waals surface area contributed by atoms with Gasteiger partial charge in [0.2, 0.25) is 5.88 Å². The van der Waals surface area contributed by atoms with Crippen molar-refractivity contribution >= 4 is 5.65 Å². The Hall–Kier alpha value is -3.73. The van der Waals surface area contributed by atoms with Crippen LogP contribution in [0, 0.1) is 0 Å². The van der Waals surface area contributed by atoms with Crippen LogP contribution in [-0.2, 0) is 0 Å². The molecule has 5 heterocycles. The summed E-state index contributed by atoms with van der Waals surface area (Å²) in [6.07, 6.45) is 5.04. The quantitative estimate of drug-likeness (QED) is 0.469. The fourth-order valence-corrected chi connectivity index (χ4v) is 4.47. The van der Waals surface area contributed by atoms with Crippen LogP contribution < -0.4 is 10.1 Å². The first-order chi connectivity index (χ1) is 16.1. The molecule has 0 saturated carbocycles. The van der Waals surface area contributed by atoms with E-state index in [2.05, 4.69) is 35.6 Å². The van der Waals surface area contributed by atoms with Crippen molar-refractivity contribution in [3.8, 4) is 34.4 Å². The summed E-state index contributed by atoms with van der Waals surface area (Å²) in [5.74, 6) is 0.525. The van der Waals surface area contributed by atoms with Crippen LogP contribution in [-0.4, -0.2) is 63.2 Å². The first-order valence-electron chi connectivity index (χ1n) is 10.9. The third-order valence-corrected chi connectivity index (χ3v) is 5.81. The molecule has 34 heavy (non-hydrogen) atoms. The SMILES string of the molecule is CC1(C)C[C@@H](Oc2ccc(-c3ncc(-c4nc5cnccn5n4)cc3O)nn2)[C@@H](F)C(C)(C)N1. The molecule has 1 fully saturated rings. The highest BCUT2D eigenvalue weighted by molar-refractivity contribution is 5.67. The molecule has 5 rings (SSSR count). The van der Waals surface area contributed by atoms with Gasteiger partial charge in [-0.05, 0) is 39.8 Å². The molecule has 1 aliphatic heterocycles. The molecule has 4 aromatic rings. The molecule has 0 unspecified atom stereocenters. The van der Waals surface area contributed by atoms with Crippen molar-refractivity contribution in [3.05, 3.63) is 43.0 Å². The van der Waals surface area contributed by atoms with Crippen LogP contribution in [0.5, 0.6) is 11.6 Å². The van der Waals surface area contributed by atoms with E-state index >= 15 is 4.39 Å². The molecule has 0 aromatic carbocycles. The molecule has 11 heteroatoms. The van der Waals surface area contributed by atoms with Gasteiger partial charge in [0.25, 0.3) is 0 Å². The van der Waals surface area contributed by atoms with E-state index in [0.29, 0.717) is 29.1 Å². The largest absolute Gasteiger partial charge is 0.506 e. The van der Waals surface area contributed by atoms with Crippen molar-refractivity contribution < 1.29 is 14.2 Å². The van der Waals surface area contributed by atoms with Crippen molar-refractivity contribution in [2.45, 2.75) is 57.5 Å². The number of pyridine rings is 1. The second kappa shape index (κ2) is 7.94. The first kappa shape index (κ1) is 22.1. The van der Waals surface area contributed by atoms with E-state index in [1.165, 1.54) is 6.07 Å². The Labute approximate surface area is 195 Å². The van der Waals surface area contributed by atoms with Crippen LogP contribution >= 0.6 is 0 Å². The van der Waals surface area contributed by atoms with Crippen molar-refractivity contribution in [1.82, 2.24) is 40.1 Å². The second-order valence-corrected chi connectivity index (χ2v) is 9.66. The Balaban J connectivity index is 1.35. The Kier molecular flexibility index (Phi) is 5.16. The summed E-state index contributed by atoms with van der Waals surface area (Å²) in [5, 5.41) is 26.5. The number of rotatable bonds is 4. The maximum Gasteiger partial charge on any atom is 0.233 e. The van der Waals surface area contributed by atoms with Crippen molar-refractivity contribution in [3.63, 3.8) is 0 Å². The zero-order chi connectivity index (χ0) is 24.1. The molecule has 1 saturated heterocycles. The number of piperidine rings is 1. The molecule has 0 spiro atoms. The predicted octanol–water partition coefficient (Wildman–Crippen LogP) is 2.98. The zero-order valence-electron chi connectivity index (χ0n) is 19.3. The van der Waals surface area contributed by atoms with Gasteiger partial charge in [0, 0.05) is 47.7 Å². The Bertz CT molecular complexity index is 1310. The molecule has 176 valence electrons. The third kappa shape index (κ3) is 4.14. The molecular formula is C23H25FN8O2. The number of halogens is 1. The van der Waals surface area contributed by atoms with Gasteiger partial charge in [-0.1, -0.05) is 0 Å². The number of fused-ring (bicyclic) bond motifs is 1. The molecular weight excluding hydrogens is 439 g/mol. The lowest BCUT2D eigenvalue weighted by Gasteiger charge is -2.48. The van der Waals surface area contributed by atoms with Gasteiger partial charge in [-0.2, -0.15) is 0 Å². The zero-order valence-corrected chi connectivity index (χ0v) is 19.3. The molecule has 0 bridgehead atoms. The van der Waals surface area contributed by atoms with Gasteiger partial charge in [0.1, 0.15) is 23.2 Å². The van der Waals surface area contributed by atoms with Crippen molar-refractivity contribution in [2.24, 2.45) is 0 Å². The number of aromatic nitrogens is 7. The summed E-state index contributed by atoms with van der Waals surface area (Å²) < 4.78 is 22.5. The molecule has 0 radical (unpaired) electrons. The fourth-order valence-electron chi connectivity index (χ4n) is 4.47. The summed E-state index contributed by atoms with van der Waals surface area (Å²) in [5.41, 5.74) is 0.714. The lowest BCUT2D eigenvalue weighted by molar-refractivity contribution is -0.0281. The minimum Gasteiger partial charge on any atom is -0.506 e. The maximum atomic E-state index is 15.0. The van der Waals surface area contributed by atoms with Crippen molar-refractivity contribution in [1.29, 1.82) is 0 Å². The standard InChI is InChI=1S/C23H25FN8O2/c1-22(2)10-16(20(24)23(3,4)31-22)34-18-6-5-14(28-29-18)19-15(33)9-13(11-26-19)21-27-17-12-25-7-8-32(17)30-21/h5-9,11-12,16,20,31,33H,10H2,1-4H3/t16-,20-/m1/s1. The summed E-state index contributed by atoms with van der Waals surface area (Å²) in [6.45, 7) is 7.67. The molecule has 0 aliphatic carbocycles. The monoisotopic (exact) mass is 464 g/mol. The third-order valence-electron chi connectivity index (χ3n) is 5.81. The van der Waals surface area contributed by atoms with Crippen LogP contribution in [0.1, 0.15) is 34.1 Å². The van der Waals surface area contributed by atoms with Gasteiger partial charge < -0.3 is 15.2 Å². The fraction of sp³-hybridized carbons (Fsp3) is 0.391. The normalized spacial score (nSPS) is 21.4. The topological polar surface area (TPSA) is 123 Å². The highest BCUT2D eigenvalue weighted by Gasteiger charge is 2.47. The summed E-state index contributed by atoms with van der Waals surface area (Å²) in [6, 6.07) is 4.75. The molecule has 2 atom stereocenters. The van der Waals surface area contributed by atoms with E-state index < -0.39 is 17.8 Å². The Morgan fingerprint density at radius 1 is 1.18 bits per heavy atom. The minimum absolute atomic E-state index is 0.0943. The van der Waals surface area contributed by atoms with Gasteiger partial charge in [-0.25, -0.2) is 18.9 Å². The minimum atomic E-state index is -1.22. The van der Waals surface area contributed by atoms with Crippen LogP contribution in [0.3, 0.4) is 0 Å². The number of ether oxygens (including phenoxy) is 1. The predicted molar refractivity (Wildman–Crippen MR) is 122 cm³/mol. The average molecular weight is 465 g/mol. The number of alkyl halides is 1. The number of hydrogen-bond acceptors (Lipinski definition) is 9.